The Labute approximate surface area is 158 Å². The van der Waals surface area contributed by atoms with Crippen LogP contribution in [0.25, 0.3) is 11.0 Å². The van der Waals surface area contributed by atoms with Crippen molar-refractivity contribution in [2.45, 2.75) is 20.0 Å². The Morgan fingerprint density at radius 1 is 0.704 bits per heavy atom. The summed E-state index contributed by atoms with van der Waals surface area (Å²) in [6, 6.07) is 23.4. The van der Waals surface area contributed by atoms with Crippen LogP contribution in [-0.2, 0) is 0 Å². The molecule has 0 radical (unpaired) electrons. The van der Waals surface area contributed by atoms with Gasteiger partial charge in [0.05, 0.1) is 22.4 Å². The molecule has 0 aliphatic carbocycles. The average molecular weight is 352 g/mol. The molecule has 2 heterocycles. The molecule has 4 aromatic rings. The van der Waals surface area contributed by atoms with Crippen molar-refractivity contribution in [3.63, 3.8) is 0 Å². The maximum absolute atomic E-state index is 4.52. The highest BCUT2D eigenvalue weighted by Crippen LogP contribution is 2.49. The first kappa shape index (κ1) is 15.8. The smallest absolute Gasteiger partial charge is 0.108 e. The number of aromatic nitrogens is 2. The van der Waals surface area contributed by atoms with Gasteiger partial charge >= 0.3 is 0 Å². The molecule has 3 aromatic carbocycles. The maximum Gasteiger partial charge on any atom is 0.108 e. The molecule has 1 aromatic heterocycles. The average Bonchev–Trinajstić information content (AvgIpc) is 2.98. The van der Waals surface area contributed by atoms with E-state index in [9.17, 15) is 0 Å². The number of rotatable bonds is 2. The van der Waals surface area contributed by atoms with Gasteiger partial charge in [0.1, 0.15) is 6.17 Å². The minimum absolute atomic E-state index is 0.139. The molecule has 4 nitrogen and oxygen atoms in total. The fourth-order valence-corrected chi connectivity index (χ4v) is 4.00. The Morgan fingerprint density at radius 2 is 1.30 bits per heavy atom. The zero-order valence-corrected chi connectivity index (χ0v) is 15.4. The molecule has 27 heavy (non-hydrogen) atoms. The van der Waals surface area contributed by atoms with Gasteiger partial charge in [0.25, 0.3) is 0 Å². The molecule has 0 N–H and O–H groups in total. The van der Waals surface area contributed by atoms with E-state index in [1.807, 2.05) is 0 Å². The predicted molar refractivity (Wildman–Crippen MR) is 111 cm³/mol. The van der Waals surface area contributed by atoms with Gasteiger partial charge in [-0.05, 0) is 49.7 Å². The lowest BCUT2D eigenvalue weighted by atomic mass is 10.1. The highest BCUT2D eigenvalue weighted by Gasteiger charge is 2.35. The summed E-state index contributed by atoms with van der Waals surface area (Å²) in [5.41, 5.74) is 7.79. The molecular formula is C23H20N4. The molecule has 1 unspecified atom stereocenters. The van der Waals surface area contributed by atoms with Crippen molar-refractivity contribution in [2.24, 2.45) is 0 Å². The third kappa shape index (κ3) is 2.45. The van der Waals surface area contributed by atoms with Gasteiger partial charge in [-0.2, -0.15) is 0 Å². The van der Waals surface area contributed by atoms with Crippen LogP contribution in [0.15, 0.2) is 79.1 Å². The van der Waals surface area contributed by atoms with Gasteiger partial charge < -0.3 is 9.80 Å². The van der Waals surface area contributed by atoms with Gasteiger partial charge in [-0.3, -0.25) is 9.97 Å². The first-order valence-corrected chi connectivity index (χ1v) is 9.18. The summed E-state index contributed by atoms with van der Waals surface area (Å²) in [5, 5.41) is 0. The first-order valence-electron chi connectivity index (χ1n) is 9.18. The highest BCUT2D eigenvalue weighted by molar-refractivity contribution is 5.96. The lowest BCUT2D eigenvalue weighted by molar-refractivity contribution is 0.759. The first-order chi connectivity index (χ1) is 13.2. The minimum atomic E-state index is 0.139. The number of benzene rings is 3. The van der Waals surface area contributed by atoms with Gasteiger partial charge in [-0.15, -0.1) is 0 Å². The van der Waals surface area contributed by atoms with E-state index in [4.69, 9.17) is 0 Å². The number of hydrogen-bond acceptors (Lipinski definition) is 4. The number of anilines is 4. The lowest BCUT2D eigenvalue weighted by Crippen LogP contribution is -2.35. The van der Waals surface area contributed by atoms with Gasteiger partial charge in [0.2, 0.25) is 0 Å². The van der Waals surface area contributed by atoms with Crippen LogP contribution in [-0.4, -0.2) is 16.1 Å². The molecule has 1 aliphatic heterocycles. The summed E-state index contributed by atoms with van der Waals surface area (Å²) < 4.78 is 0. The van der Waals surface area contributed by atoms with Crippen molar-refractivity contribution >= 4 is 33.8 Å². The predicted octanol–water partition coefficient (Wildman–Crippen LogP) is 5.57. The van der Waals surface area contributed by atoms with Crippen LogP contribution in [0.2, 0.25) is 0 Å². The molecule has 1 atom stereocenters. The number of aryl methyl sites for hydroxylation is 1. The minimum Gasteiger partial charge on any atom is -0.318 e. The van der Waals surface area contributed by atoms with Crippen molar-refractivity contribution in [2.75, 3.05) is 9.80 Å². The molecule has 5 rings (SSSR count). The third-order valence-corrected chi connectivity index (χ3v) is 5.24. The number of para-hydroxylation sites is 2. The van der Waals surface area contributed by atoms with E-state index in [2.05, 4.69) is 100 Å². The Hall–Kier alpha value is -3.40. The molecule has 0 spiro atoms. The monoisotopic (exact) mass is 352 g/mol. The van der Waals surface area contributed by atoms with Crippen molar-refractivity contribution in [3.8, 4) is 0 Å². The molecule has 0 amide bonds. The summed E-state index contributed by atoms with van der Waals surface area (Å²) >= 11 is 0. The molecule has 1 aliphatic rings. The summed E-state index contributed by atoms with van der Waals surface area (Å²) in [6.07, 6.45) is 3.64. The van der Waals surface area contributed by atoms with Crippen molar-refractivity contribution in [3.05, 3.63) is 84.7 Å². The van der Waals surface area contributed by atoms with E-state index in [1.165, 1.54) is 16.9 Å². The van der Waals surface area contributed by atoms with Crippen molar-refractivity contribution < 1.29 is 0 Å². The molecule has 0 saturated carbocycles. The third-order valence-electron chi connectivity index (χ3n) is 5.24. The van der Waals surface area contributed by atoms with Crippen LogP contribution < -0.4 is 9.80 Å². The fraction of sp³-hybridized carbons (Fsp3) is 0.130. The SMILES string of the molecule is Cc1ccccc1N1c2cc3nccnc3cc2N(c2ccccc2)C1C. The Bertz CT molecular complexity index is 1120. The van der Waals surface area contributed by atoms with E-state index in [0.29, 0.717) is 0 Å². The molecule has 132 valence electrons. The summed E-state index contributed by atoms with van der Waals surface area (Å²) in [7, 11) is 0. The zero-order chi connectivity index (χ0) is 18.4. The zero-order valence-electron chi connectivity index (χ0n) is 15.4. The van der Waals surface area contributed by atoms with Gasteiger partial charge in [0, 0.05) is 23.8 Å². The molecule has 0 fully saturated rings. The quantitative estimate of drug-likeness (QED) is 0.472. The molecule has 0 saturated heterocycles. The van der Waals surface area contributed by atoms with Gasteiger partial charge in [-0.1, -0.05) is 36.4 Å². The normalized spacial score (nSPS) is 16.0. The standard InChI is InChI=1S/C23H20N4/c1-16-8-6-7-11-21(16)27-17(2)26(18-9-4-3-5-10-18)22-14-19-20(15-23(22)27)25-13-12-24-19/h3-15,17H,1-2H3. The molecule has 4 heteroatoms. The fourth-order valence-electron chi connectivity index (χ4n) is 4.00. The van der Waals surface area contributed by atoms with Crippen LogP contribution in [0.4, 0.5) is 22.7 Å². The second kappa shape index (κ2) is 6.09. The second-order valence-electron chi connectivity index (χ2n) is 6.88. The van der Waals surface area contributed by atoms with E-state index in [0.717, 1.165) is 22.4 Å². The van der Waals surface area contributed by atoms with Crippen LogP contribution in [0, 0.1) is 6.92 Å². The summed E-state index contributed by atoms with van der Waals surface area (Å²) in [4.78, 5) is 13.8. The Kier molecular flexibility index (Phi) is 3.57. The lowest BCUT2D eigenvalue weighted by Gasteiger charge is -2.31. The summed E-state index contributed by atoms with van der Waals surface area (Å²) in [5.74, 6) is 0. The van der Waals surface area contributed by atoms with Crippen LogP contribution in [0.3, 0.4) is 0 Å². The van der Waals surface area contributed by atoms with Crippen LogP contribution in [0.5, 0.6) is 0 Å². The Morgan fingerprint density at radius 3 is 1.96 bits per heavy atom. The van der Waals surface area contributed by atoms with E-state index >= 15 is 0 Å². The Balaban J connectivity index is 1.78. The van der Waals surface area contributed by atoms with Gasteiger partial charge in [0.15, 0.2) is 0 Å². The van der Waals surface area contributed by atoms with Crippen LogP contribution >= 0.6 is 0 Å². The van der Waals surface area contributed by atoms with Crippen molar-refractivity contribution in [1.82, 2.24) is 9.97 Å². The topological polar surface area (TPSA) is 32.3 Å². The van der Waals surface area contributed by atoms with E-state index in [1.54, 1.807) is 12.4 Å². The summed E-state index contributed by atoms with van der Waals surface area (Å²) in [6.45, 7) is 4.40. The van der Waals surface area contributed by atoms with Gasteiger partial charge in [-0.25, -0.2) is 0 Å². The van der Waals surface area contributed by atoms with Crippen molar-refractivity contribution in [1.29, 1.82) is 0 Å². The van der Waals surface area contributed by atoms with E-state index in [-0.39, 0.29) is 6.17 Å². The van der Waals surface area contributed by atoms with Crippen LogP contribution in [0.1, 0.15) is 12.5 Å². The highest BCUT2D eigenvalue weighted by atomic mass is 15.4. The number of hydrogen-bond donors (Lipinski definition) is 0. The number of nitrogens with zero attached hydrogens (tertiary/aromatic N) is 4. The molecular weight excluding hydrogens is 332 g/mol. The maximum atomic E-state index is 4.52. The molecule has 0 bridgehead atoms. The number of fused-ring (bicyclic) bond motifs is 2. The van der Waals surface area contributed by atoms with E-state index < -0.39 is 0 Å². The second-order valence-corrected chi connectivity index (χ2v) is 6.88. The largest absolute Gasteiger partial charge is 0.318 e.